The van der Waals surface area contributed by atoms with Crippen LogP contribution in [0, 0.1) is 11.3 Å². The summed E-state index contributed by atoms with van der Waals surface area (Å²) in [5.74, 6) is 0.535. The first-order valence-corrected chi connectivity index (χ1v) is 5.17. The molecule has 15 heavy (non-hydrogen) atoms. The van der Waals surface area contributed by atoms with Gasteiger partial charge in [-0.1, -0.05) is 12.1 Å². The molecule has 74 valence electrons. The number of hydrogen-bond donors (Lipinski definition) is 0. The van der Waals surface area contributed by atoms with Gasteiger partial charge in [-0.3, -0.25) is 0 Å². The first-order chi connectivity index (χ1) is 7.31. The maximum atomic E-state index is 8.51. The third kappa shape index (κ3) is 2.08. The third-order valence-electron chi connectivity index (χ3n) is 1.92. The number of halogens is 1. The van der Waals surface area contributed by atoms with E-state index in [9.17, 15) is 0 Å². The van der Waals surface area contributed by atoms with Crippen LogP contribution < -0.4 is 0 Å². The van der Waals surface area contributed by atoms with Gasteiger partial charge >= 0.3 is 0 Å². The predicted octanol–water partition coefficient (Wildman–Crippen LogP) is 3.17. The first-order valence-electron chi connectivity index (χ1n) is 4.37. The van der Waals surface area contributed by atoms with E-state index in [-0.39, 0.29) is 6.42 Å². The second-order valence-electron chi connectivity index (χ2n) is 2.96. The van der Waals surface area contributed by atoms with E-state index in [2.05, 4.69) is 20.9 Å². The molecule has 1 heterocycles. The second kappa shape index (κ2) is 4.28. The van der Waals surface area contributed by atoms with Crippen molar-refractivity contribution in [2.75, 3.05) is 0 Å². The number of hydrogen-bond acceptors (Lipinski definition) is 3. The van der Waals surface area contributed by atoms with E-state index in [1.807, 2.05) is 30.3 Å². The molecule has 0 bridgehead atoms. The molecule has 1 aromatic carbocycles. The average molecular weight is 263 g/mol. The van der Waals surface area contributed by atoms with Crippen LogP contribution in [0.4, 0.5) is 0 Å². The van der Waals surface area contributed by atoms with Gasteiger partial charge in [0.25, 0.3) is 0 Å². The Labute approximate surface area is 95.5 Å². The van der Waals surface area contributed by atoms with Crippen molar-refractivity contribution in [2.24, 2.45) is 0 Å². The average Bonchev–Trinajstić information content (AvgIpc) is 2.68. The predicted molar refractivity (Wildman–Crippen MR) is 59.0 cm³/mol. The number of nitriles is 1. The monoisotopic (exact) mass is 262 g/mol. The van der Waals surface area contributed by atoms with E-state index in [1.54, 1.807) is 0 Å². The summed E-state index contributed by atoms with van der Waals surface area (Å²) in [5.41, 5.74) is 1.55. The molecule has 4 heteroatoms. The van der Waals surface area contributed by atoms with Gasteiger partial charge < -0.3 is 4.42 Å². The Morgan fingerprint density at radius 1 is 1.40 bits per heavy atom. The molecule has 0 unspecified atom stereocenters. The zero-order chi connectivity index (χ0) is 10.7. The van der Waals surface area contributed by atoms with Crippen molar-refractivity contribution in [2.45, 2.75) is 6.42 Å². The number of nitrogens with zero attached hydrogens (tertiary/aromatic N) is 2. The maximum absolute atomic E-state index is 8.51. The minimum absolute atomic E-state index is 0.272. The molecule has 2 rings (SSSR count). The molecule has 1 aromatic heterocycles. The Balaban J connectivity index is 2.38. The fourth-order valence-corrected chi connectivity index (χ4v) is 1.68. The van der Waals surface area contributed by atoms with Gasteiger partial charge in [-0.25, -0.2) is 4.98 Å². The van der Waals surface area contributed by atoms with Gasteiger partial charge in [0.15, 0.2) is 0 Å². The minimum Gasteiger partial charge on any atom is -0.444 e. The van der Waals surface area contributed by atoms with Crippen molar-refractivity contribution < 1.29 is 4.42 Å². The normalized spacial score (nSPS) is 9.87. The van der Waals surface area contributed by atoms with E-state index in [4.69, 9.17) is 9.68 Å². The summed E-state index contributed by atoms with van der Waals surface area (Å²) in [4.78, 5) is 4.21. The van der Waals surface area contributed by atoms with Crippen molar-refractivity contribution >= 4 is 15.9 Å². The van der Waals surface area contributed by atoms with Crippen LogP contribution in [-0.2, 0) is 6.42 Å². The minimum atomic E-state index is 0.272. The van der Waals surface area contributed by atoms with E-state index in [1.165, 1.54) is 6.26 Å². The molecule has 0 atom stereocenters. The van der Waals surface area contributed by atoms with Crippen LogP contribution in [0.15, 0.2) is 39.4 Å². The topological polar surface area (TPSA) is 49.8 Å². The van der Waals surface area contributed by atoms with Crippen LogP contribution in [0.5, 0.6) is 0 Å². The number of oxazole rings is 1. The zero-order valence-corrected chi connectivity index (χ0v) is 9.36. The third-order valence-corrected chi connectivity index (χ3v) is 2.61. The van der Waals surface area contributed by atoms with Gasteiger partial charge in [0.2, 0.25) is 5.89 Å². The molecule has 0 saturated heterocycles. The fourth-order valence-electron chi connectivity index (χ4n) is 1.23. The lowest BCUT2D eigenvalue weighted by Crippen LogP contribution is -1.82. The summed E-state index contributed by atoms with van der Waals surface area (Å²) in [7, 11) is 0. The quantitative estimate of drug-likeness (QED) is 0.836. The summed E-state index contributed by atoms with van der Waals surface area (Å²) in [6, 6.07) is 9.69. The van der Waals surface area contributed by atoms with Crippen LogP contribution in [0.1, 0.15) is 5.69 Å². The molecular formula is C11H7BrN2O. The molecule has 0 amide bonds. The molecule has 0 radical (unpaired) electrons. The summed E-state index contributed by atoms with van der Waals surface area (Å²) in [5, 5.41) is 8.51. The summed E-state index contributed by atoms with van der Waals surface area (Å²) in [6.07, 6.45) is 1.78. The molecular weight excluding hydrogens is 256 g/mol. The molecule has 0 saturated carbocycles. The van der Waals surface area contributed by atoms with Crippen LogP contribution in [0.2, 0.25) is 0 Å². The van der Waals surface area contributed by atoms with Gasteiger partial charge in [0.1, 0.15) is 6.26 Å². The largest absolute Gasteiger partial charge is 0.444 e. The fraction of sp³-hybridized carbons (Fsp3) is 0.0909. The second-order valence-corrected chi connectivity index (χ2v) is 3.81. The highest BCUT2D eigenvalue weighted by Crippen LogP contribution is 2.26. The van der Waals surface area contributed by atoms with Crippen LogP contribution >= 0.6 is 15.9 Å². The van der Waals surface area contributed by atoms with Gasteiger partial charge in [0.05, 0.1) is 23.7 Å². The van der Waals surface area contributed by atoms with Crippen molar-refractivity contribution in [3.63, 3.8) is 0 Å². The summed E-state index contributed by atoms with van der Waals surface area (Å²) >= 11 is 3.42. The molecule has 0 aliphatic heterocycles. The molecule has 2 aromatic rings. The number of aromatic nitrogens is 1. The Bertz CT molecular complexity index is 513. The zero-order valence-electron chi connectivity index (χ0n) is 7.77. The van der Waals surface area contributed by atoms with Crippen molar-refractivity contribution in [3.8, 4) is 17.5 Å². The van der Waals surface area contributed by atoms with E-state index < -0.39 is 0 Å². The van der Waals surface area contributed by atoms with Gasteiger partial charge in [-0.05, 0) is 28.1 Å². The Kier molecular flexibility index (Phi) is 2.84. The van der Waals surface area contributed by atoms with Gasteiger partial charge in [0, 0.05) is 4.47 Å². The molecule has 0 fully saturated rings. The maximum Gasteiger partial charge on any atom is 0.227 e. The van der Waals surface area contributed by atoms with Crippen molar-refractivity contribution in [1.82, 2.24) is 4.98 Å². The highest BCUT2D eigenvalue weighted by Gasteiger charge is 2.08. The number of benzene rings is 1. The van der Waals surface area contributed by atoms with Crippen molar-refractivity contribution in [3.05, 3.63) is 40.7 Å². The summed E-state index contributed by atoms with van der Waals surface area (Å²) < 4.78 is 6.22. The standard InChI is InChI=1S/C11H7BrN2O/c12-10-4-2-1-3-9(10)11-14-8(5-6-13)7-15-11/h1-4,7H,5H2. The Morgan fingerprint density at radius 3 is 2.93 bits per heavy atom. The molecule has 0 N–H and O–H groups in total. The van der Waals surface area contributed by atoms with E-state index >= 15 is 0 Å². The van der Waals surface area contributed by atoms with Crippen LogP contribution in [0.25, 0.3) is 11.5 Å². The molecule has 0 spiro atoms. The van der Waals surface area contributed by atoms with E-state index in [0.717, 1.165) is 10.0 Å². The lowest BCUT2D eigenvalue weighted by molar-refractivity contribution is 0.573. The number of rotatable bonds is 2. The summed E-state index contributed by atoms with van der Waals surface area (Å²) in [6.45, 7) is 0. The van der Waals surface area contributed by atoms with E-state index in [0.29, 0.717) is 11.6 Å². The highest BCUT2D eigenvalue weighted by molar-refractivity contribution is 9.10. The smallest absolute Gasteiger partial charge is 0.227 e. The van der Waals surface area contributed by atoms with Crippen LogP contribution in [-0.4, -0.2) is 4.98 Å². The highest BCUT2D eigenvalue weighted by atomic mass is 79.9. The van der Waals surface area contributed by atoms with Gasteiger partial charge in [-0.2, -0.15) is 5.26 Å². The molecule has 0 aliphatic carbocycles. The SMILES string of the molecule is N#CCc1coc(-c2ccccc2Br)n1. The van der Waals surface area contributed by atoms with Crippen LogP contribution in [0.3, 0.4) is 0 Å². The lowest BCUT2D eigenvalue weighted by Gasteiger charge is -1.97. The Hall–Kier alpha value is -1.60. The lowest BCUT2D eigenvalue weighted by atomic mass is 10.2. The Morgan fingerprint density at radius 2 is 2.20 bits per heavy atom. The van der Waals surface area contributed by atoms with Gasteiger partial charge in [-0.15, -0.1) is 0 Å². The molecule has 3 nitrogen and oxygen atoms in total. The van der Waals surface area contributed by atoms with Crippen molar-refractivity contribution in [1.29, 1.82) is 5.26 Å². The first kappa shape index (κ1) is 9.94. The molecule has 0 aliphatic rings.